The predicted molar refractivity (Wildman–Crippen MR) is 62.6 cm³/mol. The molecular formula is C12H16N4. The van der Waals surface area contributed by atoms with Crippen LogP contribution in [0.5, 0.6) is 0 Å². The van der Waals surface area contributed by atoms with Crippen molar-refractivity contribution in [3.8, 4) is 5.82 Å². The molecule has 16 heavy (non-hydrogen) atoms. The van der Waals surface area contributed by atoms with Gasteiger partial charge in [0.15, 0.2) is 0 Å². The zero-order valence-corrected chi connectivity index (χ0v) is 10.1. The Morgan fingerprint density at radius 1 is 1.25 bits per heavy atom. The van der Waals surface area contributed by atoms with E-state index in [1.54, 1.807) is 12.5 Å². The average Bonchev–Trinajstić information content (AvgIpc) is 2.66. The minimum Gasteiger partial charge on any atom is -0.268 e. The Hall–Kier alpha value is -1.71. The Balaban J connectivity index is 2.58. The maximum Gasteiger partial charge on any atom is 0.144 e. The number of hydrogen-bond acceptors (Lipinski definition) is 3. The number of rotatable bonds is 1. The average molecular weight is 216 g/mol. The molecule has 0 aliphatic carbocycles. The molecule has 2 rings (SSSR count). The van der Waals surface area contributed by atoms with E-state index in [4.69, 9.17) is 0 Å². The van der Waals surface area contributed by atoms with Crippen molar-refractivity contribution in [2.24, 2.45) is 0 Å². The van der Waals surface area contributed by atoms with Crippen LogP contribution in [0.2, 0.25) is 0 Å². The minimum absolute atomic E-state index is 0.0412. The summed E-state index contributed by atoms with van der Waals surface area (Å²) in [4.78, 5) is 4.38. The third-order valence-corrected chi connectivity index (χ3v) is 2.43. The van der Waals surface area contributed by atoms with Crippen LogP contribution < -0.4 is 0 Å². The zero-order chi connectivity index (χ0) is 11.8. The van der Waals surface area contributed by atoms with Crippen molar-refractivity contribution in [1.29, 1.82) is 0 Å². The third-order valence-electron chi connectivity index (χ3n) is 2.43. The van der Waals surface area contributed by atoms with Crippen LogP contribution in [0.1, 0.15) is 32.2 Å². The highest BCUT2D eigenvalue weighted by Crippen LogP contribution is 2.22. The van der Waals surface area contributed by atoms with E-state index in [0.717, 1.165) is 17.2 Å². The summed E-state index contributed by atoms with van der Waals surface area (Å²) >= 11 is 0. The summed E-state index contributed by atoms with van der Waals surface area (Å²) in [6.45, 7) is 8.39. The molecule has 0 radical (unpaired) electrons. The maximum atomic E-state index is 4.38. The first-order valence-corrected chi connectivity index (χ1v) is 5.32. The molecule has 0 unspecified atom stereocenters. The van der Waals surface area contributed by atoms with Gasteiger partial charge in [0.2, 0.25) is 0 Å². The summed E-state index contributed by atoms with van der Waals surface area (Å²) in [5.74, 6) is 1.83. The molecule has 0 aliphatic heterocycles. The number of aryl methyl sites for hydroxylation is 1. The van der Waals surface area contributed by atoms with Crippen LogP contribution in [-0.4, -0.2) is 19.7 Å². The van der Waals surface area contributed by atoms with Gasteiger partial charge in [-0.05, 0) is 18.6 Å². The van der Waals surface area contributed by atoms with Crippen LogP contribution in [0.4, 0.5) is 0 Å². The van der Waals surface area contributed by atoms with E-state index in [0.29, 0.717) is 0 Å². The Morgan fingerprint density at radius 3 is 2.62 bits per heavy atom. The van der Waals surface area contributed by atoms with E-state index in [-0.39, 0.29) is 5.41 Å². The van der Waals surface area contributed by atoms with Crippen molar-refractivity contribution >= 4 is 0 Å². The first kappa shape index (κ1) is 10.8. The summed E-state index contributed by atoms with van der Waals surface area (Å²) in [5.41, 5.74) is 1.08. The van der Waals surface area contributed by atoms with Crippen molar-refractivity contribution < 1.29 is 0 Å². The molecule has 0 saturated heterocycles. The van der Waals surface area contributed by atoms with Crippen molar-refractivity contribution in [2.45, 2.75) is 33.1 Å². The van der Waals surface area contributed by atoms with Crippen LogP contribution >= 0.6 is 0 Å². The molecule has 0 bridgehead atoms. The first-order valence-electron chi connectivity index (χ1n) is 5.32. The van der Waals surface area contributed by atoms with Gasteiger partial charge in [0.1, 0.15) is 18.0 Å². The molecule has 0 amide bonds. The van der Waals surface area contributed by atoms with Gasteiger partial charge in [0.25, 0.3) is 0 Å². The standard InChI is InChI=1S/C12H16N4/c1-9-6-5-7-13-10(9)16-8-14-15-11(16)12(2,3)4/h5-8H,1-4H3. The van der Waals surface area contributed by atoms with Crippen LogP contribution in [0.25, 0.3) is 5.82 Å². The van der Waals surface area contributed by atoms with Gasteiger partial charge in [-0.2, -0.15) is 0 Å². The molecule has 0 atom stereocenters. The number of pyridine rings is 1. The smallest absolute Gasteiger partial charge is 0.144 e. The second-order valence-corrected chi connectivity index (χ2v) is 4.92. The number of nitrogens with zero attached hydrogens (tertiary/aromatic N) is 4. The maximum absolute atomic E-state index is 4.38. The van der Waals surface area contributed by atoms with Crippen molar-refractivity contribution in [2.75, 3.05) is 0 Å². The number of aromatic nitrogens is 4. The Labute approximate surface area is 95.4 Å². The van der Waals surface area contributed by atoms with Crippen molar-refractivity contribution in [3.05, 3.63) is 36.0 Å². The Kier molecular flexibility index (Phi) is 2.50. The van der Waals surface area contributed by atoms with Gasteiger partial charge in [-0.3, -0.25) is 4.57 Å². The quantitative estimate of drug-likeness (QED) is 0.734. The van der Waals surface area contributed by atoms with Gasteiger partial charge in [-0.1, -0.05) is 26.8 Å². The monoisotopic (exact) mass is 216 g/mol. The van der Waals surface area contributed by atoms with Gasteiger partial charge in [-0.15, -0.1) is 10.2 Å². The molecule has 4 nitrogen and oxygen atoms in total. The lowest BCUT2D eigenvalue weighted by Crippen LogP contribution is -2.19. The molecule has 0 aliphatic rings. The van der Waals surface area contributed by atoms with E-state index in [1.165, 1.54) is 0 Å². The van der Waals surface area contributed by atoms with E-state index < -0.39 is 0 Å². The fraction of sp³-hybridized carbons (Fsp3) is 0.417. The molecule has 2 aromatic heterocycles. The van der Waals surface area contributed by atoms with Gasteiger partial charge in [0.05, 0.1) is 0 Å². The Bertz CT molecular complexity index is 494. The lowest BCUT2D eigenvalue weighted by atomic mass is 9.95. The van der Waals surface area contributed by atoms with Gasteiger partial charge in [-0.25, -0.2) is 4.98 Å². The highest BCUT2D eigenvalue weighted by molar-refractivity contribution is 5.33. The summed E-state index contributed by atoms with van der Waals surface area (Å²) in [5, 5.41) is 8.16. The summed E-state index contributed by atoms with van der Waals surface area (Å²) in [6, 6.07) is 3.97. The topological polar surface area (TPSA) is 43.6 Å². The predicted octanol–water partition coefficient (Wildman–Crippen LogP) is 2.27. The van der Waals surface area contributed by atoms with Crippen LogP contribution in [0, 0.1) is 6.92 Å². The molecule has 0 N–H and O–H groups in total. The molecule has 2 heterocycles. The first-order chi connectivity index (χ1) is 7.50. The fourth-order valence-electron chi connectivity index (χ4n) is 1.63. The second-order valence-electron chi connectivity index (χ2n) is 4.92. The third kappa shape index (κ3) is 1.83. The summed E-state index contributed by atoms with van der Waals surface area (Å²) in [6.07, 6.45) is 3.50. The van der Waals surface area contributed by atoms with Gasteiger partial charge >= 0.3 is 0 Å². The fourth-order valence-corrected chi connectivity index (χ4v) is 1.63. The van der Waals surface area contributed by atoms with E-state index in [2.05, 4.69) is 36.0 Å². The van der Waals surface area contributed by atoms with E-state index in [1.807, 2.05) is 23.6 Å². The molecule has 0 spiro atoms. The summed E-state index contributed by atoms with van der Waals surface area (Å²) in [7, 11) is 0. The molecule has 0 aromatic carbocycles. The van der Waals surface area contributed by atoms with E-state index in [9.17, 15) is 0 Å². The lowest BCUT2D eigenvalue weighted by Gasteiger charge is -2.18. The number of hydrogen-bond donors (Lipinski definition) is 0. The Morgan fingerprint density at radius 2 is 2.00 bits per heavy atom. The lowest BCUT2D eigenvalue weighted by molar-refractivity contribution is 0.531. The van der Waals surface area contributed by atoms with Gasteiger partial charge < -0.3 is 0 Å². The second kappa shape index (κ2) is 3.70. The normalized spacial score (nSPS) is 11.8. The largest absolute Gasteiger partial charge is 0.268 e. The zero-order valence-electron chi connectivity index (χ0n) is 10.1. The van der Waals surface area contributed by atoms with Crippen molar-refractivity contribution in [3.63, 3.8) is 0 Å². The van der Waals surface area contributed by atoms with Gasteiger partial charge in [0, 0.05) is 11.6 Å². The molecular weight excluding hydrogens is 200 g/mol. The molecule has 84 valence electrons. The molecule has 2 aromatic rings. The molecule has 4 heteroatoms. The van der Waals surface area contributed by atoms with E-state index >= 15 is 0 Å². The van der Waals surface area contributed by atoms with Crippen LogP contribution in [-0.2, 0) is 5.41 Å². The highest BCUT2D eigenvalue weighted by Gasteiger charge is 2.22. The molecule has 0 fully saturated rings. The van der Waals surface area contributed by atoms with Crippen LogP contribution in [0.3, 0.4) is 0 Å². The highest BCUT2D eigenvalue weighted by atomic mass is 15.3. The SMILES string of the molecule is Cc1cccnc1-n1cnnc1C(C)(C)C. The summed E-state index contributed by atoms with van der Waals surface area (Å²) < 4.78 is 1.95. The molecule has 0 saturated carbocycles. The van der Waals surface area contributed by atoms with Crippen molar-refractivity contribution in [1.82, 2.24) is 19.7 Å². The van der Waals surface area contributed by atoms with Crippen LogP contribution in [0.15, 0.2) is 24.7 Å². The minimum atomic E-state index is -0.0412.